The van der Waals surface area contributed by atoms with E-state index in [0.717, 1.165) is 6.61 Å². The largest absolute Gasteiger partial charge is 0.385 e. The Bertz CT molecular complexity index is 6.53. The van der Waals surface area contributed by atoms with Gasteiger partial charge in [0.15, 0.2) is 0 Å². The summed E-state index contributed by atoms with van der Waals surface area (Å²) in [6, 6.07) is 0. The molecule has 0 atom stereocenters. The average molecular weight is 140 g/mol. The van der Waals surface area contributed by atoms with Crippen LogP contribution in [0.1, 0.15) is 44.1 Å². The quantitative estimate of drug-likeness (QED) is 0.538. The summed E-state index contributed by atoms with van der Waals surface area (Å²) < 4.78 is 4.54. The molecule has 0 bridgehead atoms. The van der Waals surface area contributed by atoms with Crippen LogP contribution in [-0.2, 0) is 4.74 Å². The molecule has 0 aliphatic carbocycles. The van der Waals surface area contributed by atoms with Gasteiger partial charge in [0, 0.05) is 13.7 Å². The van der Waals surface area contributed by atoms with Crippen LogP contribution in [0.3, 0.4) is 0 Å². The fraction of sp³-hybridized carbons (Fsp3) is 1.00. The second-order valence-electron chi connectivity index (χ2n) is 0.577. The van der Waals surface area contributed by atoms with Gasteiger partial charge in [-0.2, -0.15) is 0 Å². The highest BCUT2D eigenvalue weighted by molar-refractivity contribution is 3.94. The third kappa shape index (κ3) is 307. The van der Waals surface area contributed by atoms with Crippen molar-refractivity contribution in [3.8, 4) is 0 Å². The molecule has 0 heterocycles. The molecule has 0 radical (unpaired) electrons. The van der Waals surface area contributed by atoms with E-state index in [0.29, 0.717) is 0 Å². The van der Waals surface area contributed by atoms with E-state index in [9.17, 15) is 0 Å². The van der Waals surface area contributed by atoms with E-state index in [-0.39, 0.29) is 37.1 Å². The first-order chi connectivity index (χ1) is 1.91. The molecule has 0 aromatic heterocycles. The monoisotopic (exact) mass is 140 g/mol. The molecule has 0 fully saturated rings. The summed E-state index contributed by atoms with van der Waals surface area (Å²) in [4.78, 5) is 0. The summed E-state index contributed by atoms with van der Waals surface area (Å²) in [6.45, 7) is 2.78. The highest BCUT2D eigenvalue weighted by Crippen LogP contribution is 1.52. The van der Waals surface area contributed by atoms with Crippen molar-refractivity contribution in [3.63, 3.8) is 0 Å². The lowest BCUT2D eigenvalue weighted by atomic mass is 10.9. The molecular formula is C8H28O. The number of methoxy groups -OCH3 is 1. The molecular weight excluding hydrogens is 112 g/mol. The number of hydrogen-bond donors (Lipinski definition) is 0. The zero-order valence-corrected chi connectivity index (χ0v) is 3.12. The predicted molar refractivity (Wildman–Crippen MR) is 51.2 cm³/mol. The molecule has 0 spiro atoms. The summed E-state index contributed by atoms with van der Waals surface area (Å²) in [5, 5.41) is 0. The van der Waals surface area contributed by atoms with Crippen LogP contribution in [0.5, 0.6) is 0 Å². The Morgan fingerprint density at radius 1 is 0.889 bits per heavy atom. The zero-order chi connectivity index (χ0) is 3.41. The van der Waals surface area contributed by atoms with Crippen LogP contribution in [0.15, 0.2) is 0 Å². The van der Waals surface area contributed by atoms with Crippen molar-refractivity contribution < 1.29 is 4.74 Å². The fourth-order valence-electron chi connectivity index (χ4n) is 0. The van der Waals surface area contributed by atoms with E-state index in [1.54, 1.807) is 7.11 Å². The van der Waals surface area contributed by atoms with Crippen LogP contribution in [0.25, 0.3) is 0 Å². The zero-order valence-electron chi connectivity index (χ0n) is 3.12. The van der Waals surface area contributed by atoms with Gasteiger partial charge in [0.05, 0.1) is 0 Å². The molecule has 0 saturated heterocycles. The van der Waals surface area contributed by atoms with Crippen molar-refractivity contribution in [1.82, 2.24) is 0 Å². The molecule has 0 N–H and O–H groups in total. The smallest absolute Gasteiger partial charge is 0.0433 e. The molecule has 0 aromatic carbocycles. The van der Waals surface area contributed by atoms with Crippen molar-refractivity contribution in [1.29, 1.82) is 0 Å². The molecule has 0 rings (SSSR count). The standard InChI is InChI=1S/C3H8O.5CH4/c1-3-4-2;;;;;/h3H2,1-2H3;5*1H4. The fourth-order valence-corrected chi connectivity index (χ4v) is 0. The van der Waals surface area contributed by atoms with Crippen LogP contribution in [0, 0.1) is 0 Å². The number of rotatable bonds is 1. The van der Waals surface area contributed by atoms with Gasteiger partial charge in [-0.25, -0.2) is 0 Å². The summed E-state index contributed by atoms with van der Waals surface area (Å²) >= 11 is 0. The van der Waals surface area contributed by atoms with E-state index < -0.39 is 0 Å². The van der Waals surface area contributed by atoms with Gasteiger partial charge in [-0.05, 0) is 6.92 Å². The Hall–Kier alpha value is -0.0400. The SMILES string of the molecule is C.C.C.C.C.CCOC. The lowest BCUT2D eigenvalue weighted by molar-refractivity contribution is 0.215. The highest BCUT2D eigenvalue weighted by Gasteiger charge is 1.51. The maximum absolute atomic E-state index is 4.54. The molecule has 1 nitrogen and oxygen atoms in total. The van der Waals surface area contributed by atoms with Crippen LogP contribution >= 0.6 is 0 Å². The van der Waals surface area contributed by atoms with Crippen molar-refractivity contribution in [2.75, 3.05) is 13.7 Å². The Morgan fingerprint density at radius 2 is 1.00 bits per heavy atom. The average Bonchev–Trinajstić information content (AvgIpc) is 1.37. The third-order valence-corrected chi connectivity index (χ3v) is 0.289. The number of ether oxygens (including phenoxy) is 1. The molecule has 0 aliphatic heterocycles. The Labute approximate surface area is 63.4 Å². The summed E-state index contributed by atoms with van der Waals surface area (Å²) in [5.74, 6) is 0. The minimum absolute atomic E-state index is 0. The lowest BCUT2D eigenvalue weighted by Crippen LogP contribution is -1.73. The second kappa shape index (κ2) is 100. The first-order valence-electron chi connectivity index (χ1n) is 1.40. The summed E-state index contributed by atoms with van der Waals surface area (Å²) in [5.41, 5.74) is 0. The van der Waals surface area contributed by atoms with Crippen molar-refractivity contribution in [2.24, 2.45) is 0 Å². The van der Waals surface area contributed by atoms with Gasteiger partial charge in [-0.1, -0.05) is 37.1 Å². The van der Waals surface area contributed by atoms with Crippen LogP contribution in [-0.4, -0.2) is 13.7 Å². The van der Waals surface area contributed by atoms with Crippen LogP contribution in [0.2, 0.25) is 0 Å². The second-order valence-corrected chi connectivity index (χ2v) is 0.577. The molecule has 0 unspecified atom stereocenters. The highest BCUT2D eigenvalue weighted by atomic mass is 16.5. The van der Waals surface area contributed by atoms with Gasteiger partial charge in [-0.3, -0.25) is 0 Å². The molecule has 0 aromatic rings. The van der Waals surface area contributed by atoms with E-state index in [1.165, 1.54) is 0 Å². The molecule has 1 heteroatoms. The molecule has 9 heavy (non-hydrogen) atoms. The Morgan fingerprint density at radius 3 is 1.00 bits per heavy atom. The Kier molecular flexibility index (Phi) is 723. The van der Waals surface area contributed by atoms with Gasteiger partial charge in [0.1, 0.15) is 0 Å². The van der Waals surface area contributed by atoms with Crippen LogP contribution < -0.4 is 0 Å². The van der Waals surface area contributed by atoms with Gasteiger partial charge in [0.25, 0.3) is 0 Å². The topological polar surface area (TPSA) is 9.23 Å². The van der Waals surface area contributed by atoms with Crippen molar-refractivity contribution in [2.45, 2.75) is 44.1 Å². The van der Waals surface area contributed by atoms with Gasteiger partial charge in [-0.15, -0.1) is 0 Å². The molecule has 0 saturated carbocycles. The van der Waals surface area contributed by atoms with E-state index >= 15 is 0 Å². The van der Waals surface area contributed by atoms with Crippen molar-refractivity contribution >= 4 is 0 Å². The molecule has 0 amide bonds. The molecule has 0 aliphatic rings. The van der Waals surface area contributed by atoms with Gasteiger partial charge < -0.3 is 4.74 Å². The first kappa shape index (κ1) is 64.8. The maximum Gasteiger partial charge on any atom is 0.0433 e. The van der Waals surface area contributed by atoms with E-state index in [1.807, 2.05) is 6.92 Å². The summed E-state index contributed by atoms with van der Waals surface area (Å²) in [7, 11) is 1.68. The Balaban J connectivity index is -0.00000000450. The number of hydrogen-bond acceptors (Lipinski definition) is 1. The third-order valence-electron chi connectivity index (χ3n) is 0.289. The predicted octanol–water partition coefficient (Wildman–Crippen LogP) is 3.83. The minimum Gasteiger partial charge on any atom is -0.385 e. The normalized spacial score (nSPS) is 3.33. The van der Waals surface area contributed by atoms with Gasteiger partial charge in [0.2, 0.25) is 0 Å². The maximum atomic E-state index is 4.54. The van der Waals surface area contributed by atoms with Gasteiger partial charge >= 0.3 is 0 Å². The van der Waals surface area contributed by atoms with E-state index in [2.05, 4.69) is 4.74 Å². The lowest BCUT2D eigenvalue weighted by Gasteiger charge is -1.76. The van der Waals surface area contributed by atoms with E-state index in [4.69, 9.17) is 0 Å². The summed E-state index contributed by atoms with van der Waals surface area (Å²) in [6.07, 6.45) is 0. The van der Waals surface area contributed by atoms with Crippen LogP contribution in [0.4, 0.5) is 0 Å². The first-order valence-corrected chi connectivity index (χ1v) is 1.40. The molecule has 66 valence electrons. The minimum atomic E-state index is 0. The van der Waals surface area contributed by atoms with Crippen molar-refractivity contribution in [3.05, 3.63) is 0 Å².